The van der Waals surface area contributed by atoms with Gasteiger partial charge < -0.3 is 9.47 Å². The van der Waals surface area contributed by atoms with E-state index < -0.39 is 10.8 Å². The van der Waals surface area contributed by atoms with Crippen LogP contribution in [-0.4, -0.2) is 19.0 Å². The lowest BCUT2D eigenvalue weighted by Crippen LogP contribution is -2.51. The molecule has 1 saturated heterocycles. The van der Waals surface area contributed by atoms with E-state index in [9.17, 15) is 9.59 Å². The molecule has 1 aromatic carbocycles. The Hall–Kier alpha value is -2.10. The number of carbonyl (C=O) groups is 2. The molecule has 5 rings (SSSR count). The van der Waals surface area contributed by atoms with Crippen molar-refractivity contribution in [2.45, 2.75) is 44.9 Å². The van der Waals surface area contributed by atoms with Crippen molar-refractivity contribution in [2.24, 2.45) is 22.2 Å². The number of fused-ring (bicyclic) bond motifs is 2. The zero-order valence-corrected chi connectivity index (χ0v) is 15.5. The maximum atomic E-state index is 13.1. The fourth-order valence-electron chi connectivity index (χ4n) is 7.29. The van der Waals surface area contributed by atoms with Gasteiger partial charge in [-0.1, -0.05) is 44.1 Å². The topological polar surface area (TPSA) is 52.6 Å². The molecule has 4 nitrogen and oxygen atoms in total. The molecule has 3 aliphatic carbocycles. The van der Waals surface area contributed by atoms with E-state index in [2.05, 4.69) is 31.2 Å². The zero-order valence-electron chi connectivity index (χ0n) is 15.5. The van der Waals surface area contributed by atoms with E-state index in [1.54, 1.807) is 7.11 Å². The summed E-state index contributed by atoms with van der Waals surface area (Å²) in [6, 6.07) is 8.01. The van der Waals surface area contributed by atoms with E-state index >= 15 is 0 Å². The van der Waals surface area contributed by atoms with Crippen LogP contribution in [0, 0.1) is 22.2 Å². The predicted octanol–water partition coefficient (Wildman–Crippen LogP) is 3.79. The van der Waals surface area contributed by atoms with Gasteiger partial charge in [0.15, 0.2) is 0 Å². The first-order valence-corrected chi connectivity index (χ1v) is 9.48. The van der Waals surface area contributed by atoms with Gasteiger partial charge in [0.2, 0.25) is 0 Å². The van der Waals surface area contributed by atoms with Crippen LogP contribution in [0.3, 0.4) is 0 Å². The smallest absolute Gasteiger partial charge is 0.321 e. The van der Waals surface area contributed by atoms with Crippen molar-refractivity contribution in [1.82, 2.24) is 0 Å². The molecule has 0 unspecified atom stereocenters. The molecule has 4 aliphatic rings. The first-order chi connectivity index (χ1) is 12.4. The number of carbonyl (C=O) groups excluding carboxylic acids is 2. The monoisotopic (exact) mass is 352 g/mol. The first kappa shape index (κ1) is 16.1. The van der Waals surface area contributed by atoms with Crippen LogP contribution >= 0.6 is 0 Å². The van der Waals surface area contributed by atoms with Crippen LogP contribution in [0.25, 0.3) is 0 Å². The molecule has 26 heavy (non-hydrogen) atoms. The molecular weight excluding hydrogens is 328 g/mol. The maximum Gasteiger partial charge on any atom is 0.321 e. The van der Waals surface area contributed by atoms with Crippen molar-refractivity contribution in [3.8, 4) is 5.75 Å². The van der Waals surface area contributed by atoms with Crippen molar-refractivity contribution < 1.29 is 19.1 Å². The Balaban J connectivity index is 1.83. The SMILES string of the molecule is COc1ccc([C@]23C=C[C@@]4(CCCC[C@]24C)[C@H]2C(=O)OC(=O)[C@]23C)cc1. The summed E-state index contributed by atoms with van der Waals surface area (Å²) in [6.07, 6.45) is 8.66. The highest BCUT2D eigenvalue weighted by Gasteiger charge is 2.86. The van der Waals surface area contributed by atoms with Crippen molar-refractivity contribution >= 4 is 11.9 Å². The Morgan fingerprint density at radius 3 is 2.42 bits per heavy atom. The molecule has 0 spiro atoms. The second kappa shape index (κ2) is 4.59. The number of benzene rings is 1. The van der Waals surface area contributed by atoms with E-state index in [0.29, 0.717) is 0 Å². The summed E-state index contributed by atoms with van der Waals surface area (Å²) in [5.41, 5.74) is -0.755. The lowest BCUT2D eigenvalue weighted by Gasteiger charge is -2.51. The van der Waals surface area contributed by atoms with E-state index in [4.69, 9.17) is 9.47 Å². The van der Waals surface area contributed by atoms with E-state index in [1.807, 2.05) is 19.1 Å². The van der Waals surface area contributed by atoms with Gasteiger partial charge in [0, 0.05) is 10.8 Å². The summed E-state index contributed by atoms with van der Waals surface area (Å²) in [7, 11) is 1.65. The maximum absolute atomic E-state index is 13.1. The van der Waals surface area contributed by atoms with Crippen molar-refractivity contribution in [1.29, 1.82) is 0 Å². The minimum Gasteiger partial charge on any atom is -0.497 e. The number of esters is 2. The van der Waals surface area contributed by atoms with E-state index in [-0.39, 0.29) is 28.7 Å². The molecule has 5 atom stereocenters. The molecule has 1 aromatic rings. The first-order valence-electron chi connectivity index (χ1n) is 9.48. The highest BCUT2D eigenvalue weighted by molar-refractivity contribution is 6.03. The summed E-state index contributed by atoms with van der Waals surface area (Å²) in [4.78, 5) is 25.9. The fourth-order valence-corrected chi connectivity index (χ4v) is 7.29. The van der Waals surface area contributed by atoms with Crippen LogP contribution in [0.5, 0.6) is 5.75 Å². The van der Waals surface area contributed by atoms with Crippen LogP contribution in [-0.2, 0) is 19.7 Å². The summed E-state index contributed by atoms with van der Waals surface area (Å²) in [5.74, 6) is -0.287. The van der Waals surface area contributed by atoms with Gasteiger partial charge in [0.1, 0.15) is 5.75 Å². The molecule has 2 bridgehead atoms. The average Bonchev–Trinajstić information content (AvgIpc) is 3.11. The molecule has 0 aromatic heterocycles. The van der Waals surface area contributed by atoms with Crippen LogP contribution in [0.4, 0.5) is 0 Å². The average molecular weight is 352 g/mol. The van der Waals surface area contributed by atoms with Crippen LogP contribution in [0.1, 0.15) is 45.1 Å². The summed E-state index contributed by atoms with van der Waals surface area (Å²) in [5, 5.41) is 0. The third-order valence-corrected chi connectivity index (χ3v) is 8.36. The Kier molecular flexibility index (Phi) is 2.84. The van der Waals surface area contributed by atoms with Gasteiger partial charge in [0.05, 0.1) is 18.4 Å². The summed E-state index contributed by atoms with van der Waals surface area (Å²) in [6.45, 7) is 4.25. The normalized spacial score (nSPS) is 45.4. The standard InChI is InChI=1S/C22H24O4/c1-19-10-4-5-11-21(19)12-13-22(19,14-6-8-15(25-3)9-7-14)20(2)16(21)17(23)26-18(20)24/h6-9,12-13,16H,4-5,10-11H2,1-3H3/t16-,19-,20-,21-,22+/m0/s1. The van der Waals surface area contributed by atoms with Crippen molar-refractivity contribution in [3.05, 3.63) is 42.0 Å². The van der Waals surface area contributed by atoms with Crippen LogP contribution in [0.15, 0.2) is 36.4 Å². The van der Waals surface area contributed by atoms with Crippen LogP contribution < -0.4 is 4.74 Å². The number of methoxy groups -OCH3 is 1. The van der Waals surface area contributed by atoms with Crippen molar-refractivity contribution in [3.63, 3.8) is 0 Å². The van der Waals surface area contributed by atoms with Gasteiger partial charge in [0.25, 0.3) is 0 Å². The third-order valence-electron chi connectivity index (χ3n) is 8.36. The number of cyclic esters (lactones) is 2. The van der Waals surface area contributed by atoms with E-state index in [1.165, 1.54) is 0 Å². The van der Waals surface area contributed by atoms with Gasteiger partial charge in [-0.2, -0.15) is 0 Å². The molecule has 1 aliphatic heterocycles. The largest absolute Gasteiger partial charge is 0.497 e. The zero-order chi connectivity index (χ0) is 18.4. The minimum atomic E-state index is -0.855. The molecule has 0 radical (unpaired) electrons. The van der Waals surface area contributed by atoms with Crippen molar-refractivity contribution in [2.75, 3.05) is 7.11 Å². The van der Waals surface area contributed by atoms with E-state index in [0.717, 1.165) is 37.0 Å². The number of allylic oxidation sites excluding steroid dienone is 2. The van der Waals surface area contributed by atoms with Crippen LogP contribution in [0.2, 0.25) is 0 Å². The third kappa shape index (κ3) is 1.33. The Morgan fingerprint density at radius 1 is 1.04 bits per heavy atom. The van der Waals surface area contributed by atoms with Gasteiger partial charge in [-0.15, -0.1) is 0 Å². The van der Waals surface area contributed by atoms with Gasteiger partial charge in [-0.25, -0.2) is 0 Å². The fraction of sp³-hybridized carbons (Fsp3) is 0.545. The molecule has 0 amide bonds. The van der Waals surface area contributed by atoms with Gasteiger partial charge >= 0.3 is 11.9 Å². The molecule has 4 heteroatoms. The highest BCUT2D eigenvalue weighted by atomic mass is 16.6. The highest BCUT2D eigenvalue weighted by Crippen LogP contribution is 2.83. The molecule has 136 valence electrons. The molecule has 3 fully saturated rings. The quantitative estimate of drug-likeness (QED) is 0.462. The summed E-state index contributed by atoms with van der Waals surface area (Å²) >= 11 is 0. The Morgan fingerprint density at radius 2 is 1.73 bits per heavy atom. The number of hydrogen-bond acceptors (Lipinski definition) is 4. The minimum absolute atomic E-state index is 0.165. The number of hydrogen-bond donors (Lipinski definition) is 0. The lowest BCUT2D eigenvalue weighted by atomic mass is 9.51. The Bertz CT molecular complexity index is 855. The number of rotatable bonds is 2. The summed E-state index contributed by atoms with van der Waals surface area (Å²) < 4.78 is 10.6. The molecule has 1 heterocycles. The Labute approximate surface area is 153 Å². The second-order valence-corrected chi connectivity index (χ2v) is 8.79. The molecule has 2 saturated carbocycles. The molecule has 0 N–H and O–H groups in total. The predicted molar refractivity (Wildman–Crippen MR) is 95.5 cm³/mol. The lowest BCUT2D eigenvalue weighted by molar-refractivity contribution is -0.159. The number of ether oxygens (including phenoxy) is 2. The molecular formula is C22H24O4. The van der Waals surface area contributed by atoms with Gasteiger partial charge in [-0.3, -0.25) is 9.59 Å². The second-order valence-electron chi connectivity index (χ2n) is 8.79. The van der Waals surface area contributed by atoms with Gasteiger partial charge in [-0.05, 0) is 42.9 Å².